The molecule has 0 aliphatic carbocycles. The highest BCUT2D eigenvalue weighted by Gasteiger charge is 1.99. The lowest BCUT2D eigenvalue weighted by atomic mass is 9.99. The van der Waals surface area contributed by atoms with Gasteiger partial charge in [-0.3, -0.25) is 0 Å². The smallest absolute Gasteiger partial charge is 0.0100 e. The van der Waals surface area contributed by atoms with Gasteiger partial charge in [0.2, 0.25) is 0 Å². The third-order valence-electron chi connectivity index (χ3n) is 2.41. The molecule has 1 rings (SSSR count). The quantitative estimate of drug-likeness (QED) is 0.612. The van der Waals surface area contributed by atoms with Gasteiger partial charge in [0.05, 0.1) is 0 Å². The van der Waals surface area contributed by atoms with Crippen molar-refractivity contribution in [3.63, 3.8) is 0 Å². The highest BCUT2D eigenvalue weighted by molar-refractivity contribution is 5.32. The fourth-order valence-corrected chi connectivity index (χ4v) is 1.65. The summed E-state index contributed by atoms with van der Waals surface area (Å²) in [6.45, 7) is 8.18. The van der Waals surface area contributed by atoms with Crippen molar-refractivity contribution in [1.82, 2.24) is 0 Å². The summed E-state index contributed by atoms with van der Waals surface area (Å²) in [5, 5.41) is 0. The van der Waals surface area contributed by atoms with E-state index in [1.165, 1.54) is 16.7 Å². The average Bonchev–Trinajstić information content (AvgIpc) is 2.18. The minimum absolute atomic E-state index is 0.983. The normalized spacial score (nSPS) is 10.0. The summed E-state index contributed by atoms with van der Waals surface area (Å²) < 4.78 is 0. The number of aryl methyl sites for hydroxylation is 2. The Labute approximate surface area is 81.3 Å². The molecule has 0 fully saturated rings. The van der Waals surface area contributed by atoms with E-state index >= 15 is 0 Å². The lowest BCUT2D eigenvalue weighted by Gasteiger charge is -2.07. The maximum absolute atomic E-state index is 3.75. The van der Waals surface area contributed by atoms with Gasteiger partial charge in [0, 0.05) is 0 Å². The Hall–Kier alpha value is -1.04. The van der Waals surface area contributed by atoms with Crippen molar-refractivity contribution >= 4 is 0 Å². The maximum atomic E-state index is 3.75. The van der Waals surface area contributed by atoms with E-state index in [4.69, 9.17) is 0 Å². The zero-order valence-corrected chi connectivity index (χ0v) is 8.64. The van der Waals surface area contributed by atoms with Crippen LogP contribution in [-0.2, 0) is 19.3 Å². The van der Waals surface area contributed by atoms with Gasteiger partial charge in [-0.1, -0.05) is 38.1 Å². The molecule has 0 spiro atoms. The molecule has 0 N–H and O–H groups in total. The summed E-state index contributed by atoms with van der Waals surface area (Å²) in [5.74, 6) is 0. The van der Waals surface area contributed by atoms with Gasteiger partial charge in [-0.25, -0.2) is 0 Å². The monoisotopic (exact) mass is 174 g/mol. The molecule has 13 heavy (non-hydrogen) atoms. The summed E-state index contributed by atoms with van der Waals surface area (Å²) in [6.07, 6.45) is 5.21. The van der Waals surface area contributed by atoms with Crippen molar-refractivity contribution in [2.45, 2.75) is 33.1 Å². The summed E-state index contributed by atoms with van der Waals surface area (Å²) in [5.41, 5.74) is 4.35. The minimum Gasteiger partial charge on any atom is -0.103 e. The van der Waals surface area contributed by atoms with Crippen molar-refractivity contribution in [2.75, 3.05) is 0 Å². The topological polar surface area (TPSA) is 0 Å². The second kappa shape index (κ2) is 4.86. The first-order chi connectivity index (χ1) is 6.31. The molecule has 0 nitrogen and oxygen atoms in total. The standard InChI is InChI=1S/C13H18/c1-4-7-11-8-9-12(5-2)13(6-3)10-11/h4,8-10H,1,5-7H2,2-3H3. The molecule has 0 aliphatic rings. The predicted octanol–water partition coefficient (Wildman–Crippen LogP) is 3.54. The number of allylic oxidation sites excluding steroid dienone is 1. The lowest BCUT2D eigenvalue weighted by molar-refractivity contribution is 1.03. The van der Waals surface area contributed by atoms with Crippen LogP contribution in [0.5, 0.6) is 0 Å². The van der Waals surface area contributed by atoms with Crippen molar-refractivity contribution in [1.29, 1.82) is 0 Å². The highest BCUT2D eigenvalue weighted by Crippen LogP contribution is 2.14. The molecule has 0 atom stereocenters. The molecule has 1 aromatic carbocycles. The van der Waals surface area contributed by atoms with Gasteiger partial charge in [0.25, 0.3) is 0 Å². The van der Waals surface area contributed by atoms with Gasteiger partial charge in [0.15, 0.2) is 0 Å². The molecule has 0 heterocycles. The number of hydrogen-bond donors (Lipinski definition) is 0. The van der Waals surface area contributed by atoms with Crippen molar-refractivity contribution in [2.24, 2.45) is 0 Å². The van der Waals surface area contributed by atoms with Gasteiger partial charge in [-0.2, -0.15) is 0 Å². The Balaban J connectivity index is 2.98. The minimum atomic E-state index is 0.983. The summed E-state index contributed by atoms with van der Waals surface area (Å²) in [4.78, 5) is 0. The third-order valence-corrected chi connectivity index (χ3v) is 2.41. The fourth-order valence-electron chi connectivity index (χ4n) is 1.65. The number of benzene rings is 1. The van der Waals surface area contributed by atoms with Crippen LogP contribution in [-0.4, -0.2) is 0 Å². The van der Waals surface area contributed by atoms with Gasteiger partial charge in [0.1, 0.15) is 0 Å². The molecule has 0 bridgehead atoms. The molecule has 0 aromatic heterocycles. The van der Waals surface area contributed by atoms with E-state index in [2.05, 4.69) is 38.6 Å². The van der Waals surface area contributed by atoms with Gasteiger partial charge >= 0.3 is 0 Å². The van der Waals surface area contributed by atoms with Crippen molar-refractivity contribution in [3.8, 4) is 0 Å². The van der Waals surface area contributed by atoms with Gasteiger partial charge in [-0.15, -0.1) is 6.58 Å². The number of rotatable bonds is 4. The van der Waals surface area contributed by atoms with Crippen molar-refractivity contribution < 1.29 is 0 Å². The summed E-state index contributed by atoms with van der Waals surface area (Å²) in [7, 11) is 0. The van der Waals surface area contributed by atoms with E-state index in [1.54, 1.807) is 0 Å². The van der Waals surface area contributed by atoms with Crippen LogP contribution >= 0.6 is 0 Å². The highest BCUT2D eigenvalue weighted by atomic mass is 14.0. The van der Waals surface area contributed by atoms with Crippen LogP contribution in [0.2, 0.25) is 0 Å². The fraction of sp³-hybridized carbons (Fsp3) is 0.385. The van der Waals surface area contributed by atoms with E-state index in [0.717, 1.165) is 19.3 Å². The molecule has 0 amide bonds. The Morgan fingerprint density at radius 1 is 1.15 bits per heavy atom. The molecule has 1 aromatic rings. The van der Waals surface area contributed by atoms with E-state index in [0.29, 0.717) is 0 Å². The largest absolute Gasteiger partial charge is 0.103 e. The molecule has 0 saturated carbocycles. The van der Waals surface area contributed by atoms with Gasteiger partial charge < -0.3 is 0 Å². The summed E-state index contributed by atoms with van der Waals surface area (Å²) >= 11 is 0. The van der Waals surface area contributed by atoms with Crippen LogP contribution < -0.4 is 0 Å². The Kier molecular flexibility index (Phi) is 3.75. The van der Waals surface area contributed by atoms with Crippen LogP contribution in [0.3, 0.4) is 0 Å². The van der Waals surface area contributed by atoms with Crippen LogP contribution in [0.4, 0.5) is 0 Å². The molecular formula is C13H18. The molecule has 0 unspecified atom stereocenters. The SMILES string of the molecule is C=CCc1ccc(CC)c(CC)c1. The second-order valence-corrected chi connectivity index (χ2v) is 3.30. The van der Waals surface area contributed by atoms with Crippen LogP contribution in [0.1, 0.15) is 30.5 Å². The number of hydrogen-bond acceptors (Lipinski definition) is 0. The predicted molar refractivity (Wildman–Crippen MR) is 59.1 cm³/mol. The first-order valence-electron chi connectivity index (χ1n) is 5.03. The van der Waals surface area contributed by atoms with E-state index in [-0.39, 0.29) is 0 Å². The van der Waals surface area contributed by atoms with Crippen LogP contribution in [0.15, 0.2) is 30.9 Å². The average molecular weight is 174 g/mol. The van der Waals surface area contributed by atoms with Gasteiger partial charge in [-0.05, 0) is 36.0 Å². The summed E-state index contributed by atoms with van der Waals surface area (Å²) in [6, 6.07) is 6.76. The van der Waals surface area contributed by atoms with E-state index < -0.39 is 0 Å². The molecule has 0 saturated heterocycles. The molecule has 0 radical (unpaired) electrons. The maximum Gasteiger partial charge on any atom is -0.0100 e. The Morgan fingerprint density at radius 3 is 2.38 bits per heavy atom. The van der Waals surface area contributed by atoms with Crippen LogP contribution in [0.25, 0.3) is 0 Å². The van der Waals surface area contributed by atoms with E-state index in [9.17, 15) is 0 Å². The zero-order chi connectivity index (χ0) is 9.68. The molecular weight excluding hydrogens is 156 g/mol. The second-order valence-electron chi connectivity index (χ2n) is 3.30. The molecule has 0 aliphatic heterocycles. The van der Waals surface area contributed by atoms with E-state index in [1.807, 2.05) is 6.08 Å². The Bertz CT molecular complexity index is 284. The first kappa shape index (κ1) is 10.0. The lowest BCUT2D eigenvalue weighted by Crippen LogP contribution is -1.93. The van der Waals surface area contributed by atoms with Crippen molar-refractivity contribution in [3.05, 3.63) is 47.5 Å². The third kappa shape index (κ3) is 2.45. The zero-order valence-electron chi connectivity index (χ0n) is 8.64. The van der Waals surface area contributed by atoms with Crippen LogP contribution in [0, 0.1) is 0 Å². The molecule has 0 heteroatoms. The Morgan fingerprint density at radius 2 is 1.85 bits per heavy atom. The molecule has 70 valence electrons. The first-order valence-corrected chi connectivity index (χ1v) is 5.03.